The van der Waals surface area contributed by atoms with Crippen molar-refractivity contribution in [2.45, 2.75) is 13.5 Å². The molecule has 0 amide bonds. The highest BCUT2D eigenvalue weighted by Crippen LogP contribution is 2.22. The molecule has 0 fully saturated rings. The zero-order valence-corrected chi connectivity index (χ0v) is 8.25. The summed E-state index contributed by atoms with van der Waals surface area (Å²) < 4.78 is 0. The van der Waals surface area contributed by atoms with E-state index in [0.29, 0.717) is 6.54 Å². The lowest BCUT2D eigenvalue weighted by Crippen LogP contribution is -1.96. The normalized spacial score (nSPS) is 10.4. The van der Waals surface area contributed by atoms with Crippen molar-refractivity contribution < 1.29 is 0 Å². The molecule has 0 spiro atoms. The molecule has 1 aromatic carbocycles. The predicted molar refractivity (Wildman–Crippen MR) is 58.9 cm³/mol. The van der Waals surface area contributed by atoms with Gasteiger partial charge in [-0.25, -0.2) is 0 Å². The molecule has 2 nitrogen and oxygen atoms in total. The summed E-state index contributed by atoms with van der Waals surface area (Å²) in [6, 6.07) is 10.4. The van der Waals surface area contributed by atoms with Gasteiger partial charge >= 0.3 is 0 Å². The van der Waals surface area contributed by atoms with Crippen molar-refractivity contribution >= 4 is 0 Å². The van der Waals surface area contributed by atoms with E-state index in [1.807, 2.05) is 12.3 Å². The van der Waals surface area contributed by atoms with Crippen molar-refractivity contribution in [1.82, 2.24) is 4.98 Å². The average molecular weight is 186 g/mol. The SMILES string of the molecule is Cc1cc(CN)ccc1-c1ccc[nH]1. The van der Waals surface area contributed by atoms with Crippen LogP contribution < -0.4 is 5.73 Å². The molecule has 0 radical (unpaired) electrons. The second-order valence-corrected chi connectivity index (χ2v) is 3.44. The summed E-state index contributed by atoms with van der Waals surface area (Å²) in [5.41, 5.74) is 10.4. The molecular formula is C12H14N2. The number of aryl methyl sites for hydroxylation is 1. The number of benzene rings is 1. The third-order valence-electron chi connectivity index (χ3n) is 2.41. The van der Waals surface area contributed by atoms with Gasteiger partial charge in [-0.2, -0.15) is 0 Å². The molecule has 0 saturated heterocycles. The van der Waals surface area contributed by atoms with Crippen LogP contribution in [0.25, 0.3) is 11.3 Å². The highest BCUT2D eigenvalue weighted by atomic mass is 14.7. The molecule has 0 aliphatic rings. The van der Waals surface area contributed by atoms with E-state index in [1.54, 1.807) is 0 Å². The molecule has 2 rings (SSSR count). The Kier molecular flexibility index (Phi) is 2.37. The van der Waals surface area contributed by atoms with Crippen LogP contribution >= 0.6 is 0 Å². The Morgan fingerprint density at radius 1 is 1.29 bits per heavy atom. The smallest absolute Gasteiger partial charge is 0.0456 e. The molecule has 1 aromatic heterocycles. The van der Waals surface area contributed by atoms with Crippen molar-refractivity contribution in [1.29, 1.82) is 0 Å². The Morgan fingerprint density at radius 2 is 2.14 bits per heavy atom. The first-order valence-electron chi connectivity index (χ1n) is 4.74. The van der Waals surface area contributed by atoms with Gasteiger partial charge in [0.2, 0.25) is 0 Å². The molecule has 1 heterocycles. The van der Waals surface area contributed by atoms with Crippen LogP contribution in [0.2, 0.25) is 0 Å². The van der Waals surface area contributed by atoms with Crippen molar-refractivity contribution in [3.63, 3.8) is 0 Å². The van der Waals surface area contributed by atoms with E-state index >= 15 is 0 Å². The molecule has 0 unspecified atom stereocenters. The number of H-pyrrole nitrogens is 1. The summed E-state index contributed by atoms with van der Waals surface area (Å²) in [6.45, 7) is 2.71. The van der Waals surface area contributed by atoms with Crippen molar-refractivity contribution in [3.05, 3.63) is 47.7 Å². The van der Waals surface area contributed by atoms with Crippen LogP contribution in [0.4, 0.5) is 0 Å². The number of hydrogen-bond donors (Lipinski definition) is 2. The molecule has 0 saturated carbocycles. The number of nitrogens with two attached hydrogens (primary N) is 1. The largest absolute Gasteiger partial charge is 0.361 e. The quantitative estimate of drug-likeness (QED) is 0.743. The maximum Gasteiger partial charge on any atom is 0.0456 e. The molecule has 2 heteroatoms. The van der Waals surface area contributed by atoms with Crippen LogP contribution in [-0.4, -0.2) is 4.98 Å². The van der Waals surface area contributed by atoms with Gasteiger partial charge in [-0.1, -0.05) is 18.2 Å². The molecule has 0 aliphatic heterocycles. The number of aromatic nitrogens is 1. The van der Waals surface area contributed by atoms with Gasteiger partial charge in [-0.3, -0.25) is 0 Å². The minimum absolute atomic E-state index is 0.603. The minimum atomic E-state index is 0.603. The molecular weight excluding hydrogens is 172 g/mol. The summed E-state index contributed by atoms with van der Waals surface area (Å²) in [6.07, 6.45) is 1.94. The zero-order valence-electron chi connectivity index (χ0n) is 8.25. The van der Waals surface area contributed by atoms with E-state index in [1.165, 1.54) is 16.7 Å². The zero-order chi connectivity index (χ0) is 9.97. The minimum Gasteiger partial charge on any atom is -0.361 e. The third-order valence-corrected chi connectivity index (χ3v) is 2.41. The van der Waals surface area contributed by atoms with Gasteiger partial charge in [0.25, 0.3) is 0 Å². The van der Waals surface area contributed by atoms with E-state index in [-0.39, 0.29) is 0 Å². The van der Waals surface area contributed by atoms with Gasteiger partial charge in [0.1, 0.15) is 0 Å². The first-order chi connectivity index (χ1) is 6.81. The highest BCUT2D eigenvalue weighted by Gasteiger charge is 2.02. The lowest BCUT2D eigenvalue weighted by Gasteiger charge is -2.05. The van der Waals surface area contributed by atoms with Gasteiger partial charge in [0, 0.05) is 24.0 Å². The Morgan fingerprint density at radius 3 is 2.71 bits per heavy atom. The van der Waals surface area contributed by atoms with Crippen molar-refractivity contribution in [3.8, 4) is 11.3 Å². The van der Waals surface area contributed by atoms with Gasteiger partial charge in [-0.05, 0) is 30.2 Å². The fourth-order valence-electron chi connectivity index (χ4n) is 1.65. The average Bonchev–Trinajstić information content (AvgIpc) is 2.70. The maximum absolute atomic E-state index is 5.58. The Labute approximate surface area is 83.8 Å². The summed E-state index contributed by atoms with van der Waals surface area (Å²) in [4.78, 5) is 3.20. The number of hydrogen-bond acceptors (Lipinski definition) is 1. The van der Waals surface area contributed by atoms with Gasteiger partial charge in [-0.15, -0.1) is 0 Å². The van der Waals surface area contributed by atoms with E-state index in [4.69, 9.17) is 5.73 Å². The van der Waals surface area contributed by atoms with Crippen LogP contribution in [0.1, 0.15) is 11.1 Å². The number of nitrogens with one attached hydrogen (secondary N) is 1. The lowest BCUT2D eigenvalue weighted by molar-refractivity contribution is 1.07. The Bertz CT molecular complexity index is 416. The first kappa shape index (κ1) is 9.03. The first-order valence-corrected chi connectivity index (χ1v) is 4.74. The van der Waals surface area contributed by atoms with Crippen LogP contribution in [0.3, 0.4) is 0 Å². The second kappa shape index (κ2) is 3.68. The molecule has 14 heavy (non-hydrogen) atoms. The van der Waals surface area contributed by atoms with E-state index in [0.717, 1.165) is 5.69 Å². The topological polar surface area (TPSA) is 41.8 Å². The van der Waals surface area contributed by atoms with E-state index in [9.17, 15) is 0 Å². The fraction of sp³-hybridized carbons (Fsp3) is 0.167. The molecule has 3 N–H and O–H groups in total. The third kappa shape index (κ3) is 1.56. The molecule has 0 aliphatic carbocycles. The standard InChI is InChI=1S/C12H14N2/c1-9-7-10(8-13)4-5-11(9)12-3-2-6-14-12/h2-7,14H,8,13H2,1H3. The second-order valence-electron chi connectivity index (χ2n) is 3.44. The summed E-state index contributed by atoms with van der Waals surface area (Å²) in [5.74, 6) is 0. The number of aromatic amines is 1. The summed E-state index contributed by atoms with van der Waals surface area (Å²) in [5, 5.41) is 0. The summed E-state index contributed by atoms with van der Waals surface area (Å²) >= 11 is 0. The Hall–Kier alpha value is -1.54. The molecule has 0 atom stereocenters. The lowest BCUT2D eigenvalue weighted by atomic mass is 10.0. The van der Waals surface area contributed by atoms with Crippen LogP contribution in [0.5, 0.6) is 0 Å². The maximum atomic E-state index is 5.58. The van der Waals surface area contributed by atoms with Gasteiger partial charge in [0.05, 0.1) is 0 Å². The Balaban J connectivity index is 2.46. The predicted octanol–water partition coefficient (Wildman–Crippen LogP) is 2.45. The van der Waals surface area contributed by atoms with Crippen molar-refractivity contribution in [2.24, 2.45) is 5.73 Å². The van der Waals surface area contributed by atoms with Crippen LogP contribution in [0.15, 0.2) is 36.5 Å². The molecule has 72 valence electrons. The van der Waals surface area contributed by atoms with E-state index < -0.39 is 0 Å². The van der Waals surface area contributed by atoms with Crippen LogP contribution in [0, 0.1) is 6.92 Å². The van der Waals surface area contributed by atoms with Gasteiger partial charge in [0.15, 0.2) is 0 Å². The van der Waals surface area contributed by atoms with E-state index in [2.05, 4.69) is 36.2 Å². The van der Waals surface area contributed by atoms with Crippen LogP contribution in [-0.2, 0) is 6.54 Å². The monoisotopic (exact) mass is 186 g/mol. The molecule has 2 aromatic rings. The van der Waals surface area contributed by atoms with Gasteiger partial charge < -0.3 is 10.7 Å². The summed E-state index contributed by atoms with van der Waals surface area (Å²) in [7, 11) is 0. The number of rotatable bonds is 2. The fourth-order valence-corrected chi connectivity index (χ4v) is 1.65. The molecule has 0 bridgehead atoms. The highest BCUT2D eigenvalue weighted by molar-refractivity contribution is 5.64. The van der Waals surface area contributed by atoms with Crippen molar-refractivity contribution in [2.75, 3.05) is 0 Å².